The number of pyridine rings is 1. The number of benzene rings is 2. The lowest BCUT2D eigenvalue weighted by molar-refractivity contribution is 0.615. The molecule has 0 spiro atoms. The Hall–Kier alpha value is -2.37. The third-order valence-corrected chi connectivity index (χ3v) is 4.99. The van der Waals surface area contributed by atoms with E-state index in [0.29, 0.717) is 5.92 Å². The number of halogens is 2. The summed E-state index contributed by atoms with van der Waals surface area (Å²) in [7, 11) is 0. The molecular formula is C20H20ClFN4. The molecule has 3 aromatic rings. The number of aromatic nitrogens is 1. The molecule has 1 saturated heterocycles. The topological polar surface area (TPSA) is 49.0 Å². The molecule has 0 radical (unpaired) electrons. The Bertz CT molecular complexity index is 925. The van der Waals surface area contributed by atoms with Gasteiger partial charge in [0, 0.05) is 35.2 Å². The van der Waals surface area contributed by atoms with Crippen molar-refractivity contribution < 1.29 is 4.39 Å². The second-order valence-electron chi connectivity index (χ2n) is 6.58. The molecule has 0 aliphatic carbocycles. The first-order valence-electron chi connectivity index (χ1n) is 8.74. The number of fused-ring (bicyclic) bond motifs is 1. The molecule has 1 aromatic heterocycles. The maximum absolute atomic E-state index is 13.4. The van der Waals surface area contributed by atoms with Crippen LogP contribution in [0, 0.1) is 11.7 Å². The van der Waals surface area contributed by atoms with Crippen LogP contribution in [0.25, 0.3) is 10.9 Å². The quantitative estimate of drug-likeness (QED) is 0.604. The zero-order valence-corrected chi connectivity index (χ0v) is 15.0. The third kappa shape index (κ3) is 3.74. The van der Waals surface area contributed by atoms with Gasteiger partial charge in [-0.3, -0.25) is 4.98 Å². The van der Waals surface area contributed by atoms with E-state index in [4.69, 9.17) is 11.6 Å². The molecule has 0 saturated carbocycles. The molecule has 2 heterocycles. The summed E-state index contributed by atoms with van der Waals surface area (Å²) in [4.78, 5) is 4.43. The van der Waals surface area contributed by atoms with Gasteiger partial charge < -0.3 is 16.0 Å². The highest BCUT2D eigenvalue weighted by Gasteiger charge is 2.14. The number of hydrogen-bond acceptors (Lipinski definition) is 4. The minimum Gasteiger partial charge on any atom is -0.385 e. The van der Waals surface area contributed by atoms with Crippen LogP contribution in [0.3, 0.4) is 0 Å². The van der Waals surface area contributed by atoms with E-state index in [-0.39, 0.29) is 5.02 Å². The van der Waals surface area contributed by atoms with E-state index in [1.165, 1.54) is 12.5 Å². The lowest BCUT2D eigenvalue weighted by Gasteiger charge is -2.14. The number of hydrogen-bond donors (Lipinski definition) is 3. The van der Waals surface area contributed by atoms with Crippen molar-refractivity contribution >= 4 is 39.6 Å². The van der Waals surface area contributed by atoms with Crippen molar-refractivity contribution in [3.8, 4) is 0 Å². The monoisotopic (exact) mass is 370 g/mol. The smallest absolute Gasteiger partial charge is 0.141 e. The molecule has 2 aromatic carbocycles. The molecule has 1 aliphatic heterocycles. The summed E-state index contributed by atoms with van der Waals surface area (Å²) in [5.41, 5.74) is 3.61. The standard InChI is InChI=1S/C20H20ClFN4/c21-17-10-15(1-3-18(17)22)26-20-6-8-24-19-4-2-14(9-16(19)20)25-12-13-5-7-23-11-13/h1-4,6,8-10,13,23,25H,5,7,11-12H2,(H,24,26). The van der Waals surface area contributed by atoms with Crippen LogP contribution in [0.5, 0.6) is 0 Å². The summed E-state index contributed by atoms with van der Waals surface area (Å²) in [6.07, 6.45) is 2.97. The van der Waals surface area contributed by atoms with E-state index in [9.17, 15) is 4.39 Å². The first-order chi connectivity index (χ1) is 12.7. The fraction of sp³-hybridized carbons (Fsp3) is 0.250. The van der Waals surface area contributed by atoms with Gasteiger partial charge in [-0.05, 0) is 67.9 Å². The van der Waals surface area contributed by atoms with Gasteiger partial charge in [0.05, 0.1) is 10.5 Å². The molecule has 6 heteroatoms. The molecule has 1 aliphatic rings. The van der Waals surface area contributed by atoms with Crippen LogP contribution in [-0.2, 0) is 0 Å². The second-order valence-corrected chi connectivity index (χ2v) is 6.99. The Morgan fingerprint density at radius 2 is 2.04 bits per heavy atom. The largest absolute Gasteiger partial charge is 0.385 e. The summed E-state index contributed by atoms with van der Waals surface area (Å²) in [5, 5.41) is 11.3. The van der Waals surface area contributed by atoms with Crippen LogP contribution in [0.4, 0.5) is 21.5 Å². The normalized spacial score (nSPS) is 16.8. The Morgan fingerprint density at radius 1 is 1.15 bits per heavy atom. The fourth-order valence-corrected chi connectivity index (χ4v) is 3.43. The van der Waals surface area contributed by atoms with Crippen molar-refractivity contribution in [2.45, 2.75) is 6.42 Å². The van der Waals surface area contributed by atoms with Crippen LogP contribution in [0.1, 0.15) is 6.42 Å². The molecule has 0 amide bonds. The van der Waals surface area contributed by atoms with Crippen molar-refractivity contribution in [1.29, 1.82) is 0 Å². The lowest BCUT2D eigenvalue weighted by atomic mass is 10.1. The van der Waals surface area contributed by atoms with Gasteiger partial charge in [0.2, 0.25) is 0 Å². The minimum absolute atomic E-state index is 0.0980. The third-order valence-electron chi connectivity index (χ3n) is 4.70. The lowest BCUT2D eigenvalue weighted by Crippen LogP contribution is -2.17. The average Bonchev–Trinajstić information content (AvgIpc) is 3.17. The van der Waals surface area contributed by atoms with Crippen LogP contribution >= 0.6 is 11.6 Å². The van der Waals surface area contributed by atoms with E-state index in [1.807, 2.05) is 12.1 Å². The van der Waals surface area contributed by atoms with Gasteiger partial charge in [-0.1, -0.05) is 11.6 Å². The summed E-state index contributed by atoms with van der Waals surface area (Å²) in [6, 6.07) is 12.7. The van der Waals surface area contributed by atoms with Crippen molar-refractivity contribution in [1.82, 2.24) is 10.3 Å². The fourth-order valence-electron chi connectivity index (χ4n) is 3.25. The summed E-state index contributed by atoms with van der Waals surface area (Å²) in [6.45, 7) is 3.12. The SMILES string of the molecule is Fc1ccc(Nc2ccnc3ccc(NCC4CCNC4)cc23)cc1Cl. The maximum Gasteiger partial charge on any atom is 0.141 e. The zero-order chi connectivity index (χ0) is 17.9. The van der Waals surface area contributed by atoms with Crippen molar-refractivity contribution in [2.24, 2.45) is 5.92 Å². The summed E-state index contributed by atoms with van der Waals surface area (Å²) >= 11 is 5.88. The van der Waals surface area contributed by atoms with Crippen LogP contribution in [0.15, 0.2) is 48.7 Å². The highest BCUT2D eigenvalue weighted by molar-refractivity contribution is 6.31. The predicted octanol–water partition coefficient (Wildman–Crippen LogP) is 4.79. The predicted molar refractivity (Wildman–Crippen MR) is 106 cm³/mol. The Labute approximate surface area is 156 Å². The number of rotatable bonds is 5. The molecule has 1 atom stereocenters. The Balaban J connectivity index is 1.59. The average molecular weight is 371 g/mol. The molecule has 1 fully saturated rings. The Morgan fingerprint density at radius 3 is 2.85 bits per heavy atom. The molecule has 0 bridgehead atoms. The van der Waals surface area contributed by atoms with Gasteiger partial charge in [-0.2, -0.15) is 0 Å². The van der Waals surface area contributed by atoms with E-state index in [2.05, 4.69) is 33.1 Å². The van der Waals surface area contributed by atoms with Gasteiger partial charge >= 0.3 is 0 Å². The van der Waals surface area contributed by atoms with E-state index < -0.39 is 5.82 Å². The van der Waals surface area contributed by atoms with E-state index >= 15 is 0 Å². The molecule has 134 valence electrons. The number of anilines is 3. The second kappa shape index (κ2) is 7.48. The van der Waals surface area contributed by atoms with Crippen LogP contribution in [-0.4, -0.2) is 24.6 Å². The van der Waals surface area contributed by atoms with Crippen LogP contribution in [0.2, 0.25) is 5.02 Å². The van der Waals surface area contributed by atoms with Gasteiger partial charge in [0.15, 0.2) is 0 Å². The minimum atomic E-state index is -0.426. The first kappa shape index (κ1) is 17.1. The van der Waals surface area contributed by atoms with Crippen LogP contribution < -0.4 is 16.0 Å². The molecule has 1 unspecified atom stereocenters. The summed E-state index contributed by atoms with van der Waals surface area (Å²) in [5.74, 6) is 0.239. The molecule has 4 rings (SSSR count). The van der Waals surface area contributed by atoms with Crippen molar-refractivity contribution in [3.05, 3.63) is 59.5 Å². The Kier molecular flexibility index (Phi) is 4.91. The van der Waals surface area contributed by atoms with Crippen molar-refractivity contribution in [2.75, 3.05) is 30.3 Å². The highest BCUT2D eigenvalue weighted by Crippen LogP contribution is 2.29. The molecule has 4 nitrogen and oxygen atoms in total. The molecule has 26 heavy (non-hydrogen) atoms. The molecule has 3 N–H and O–H groups in total. The molecular weight excluding hydrogens is 351 g/mol. The first-order valence-corrected chi connectivity index (χ1v) is 9.12. The maximum atomic E-state index is 13.4. The van der Waals surface area contributed by atoms with Crippen molar-refractivity contribution in [3.63, 3.8) is 0 Å². The summed E-state index contributed by atoms with van der Waals surface area (Å²) < 4.78 is 13.4. The van der Waals surface area contributed by atoms with Gasteiger partial charge in [0.1, 0.15) is 5.82 Å². The van der Waals surface area contributed by atoms with E-state index in [1.54, 1.807) is 18.3 Å². The van der Waals surface area contributed by atoms with Gasteiger partial charge in [-0.25, -0.2) is 4.39 Å². The number of nitrogens with zero attached hydrogens (tertiary/aromatic N) is 1. The zero-order valence-electron chi connectivity index (χ0n) is 14.2. The van der Waals surface area contributed by atoms with Gasteiger partial charge in [-0.15, -0.1) is 0 Å². The highest BCUT2D eigenvalue weighted by atomic mass is 35.5. The van der Waals surface area contributed by atoms with Gasteiger partial charge in [0.25, 0.3) is 0 Å². The number of nitrogens with one attached hydrogen (secondary N) is 3. The van der Waals surface area contributed by atoms with E-state index in [0.717, 1.165) is 47.6 Å².